The first-order valence-corrected chi connectivity index (χ1v) is 9.89. The number of hydrogen-bond donors (Lipinski definition) is 6. The molecule has 11 heteroatoms. The van der Waals surface area contributed by atoms with Crippen molar-refractivity contribution >= 4 is 11.0 Å². The Morgan fingerprint density at radius 1 is 0.970 bits per heavy atom. The third-order valence-electron chi connectivity index (χ3n) is 5.36. The van der Waals surface area contributed by atoms with Crippen LogP contribution in [0.5, 0.6) is 23.0 Å². The van der Waals surface area contributed by atoms with Gasteiger partial charge in [0.25, 0.3) is 0 Å². The van der Waals surface area contributed by atoms with Gasteiger partial charge < -0.3 is 49.3 Å². The SMILES string of the molecule is COc1cc(O[C@@H]2OC(CO)[C@@H](O)[C@H](O)C2O)c2c(=O)cc(-c3ccc(O)c(O)c3)oc2c1. The normalized spacial score (nSPS) is 25.2. The van der Waals surface area contributed by atoms with E-state index in [0.29, 0.717) is 5.56 Å². The van der Waals surface area contributed by atoms with Crippen LogP contribution in [0.3, 0.4) is 0 Å². The molecule has 1 fully saturated rings. The molecule has 1 aliphatic heterocycles. The maximum atomic E-state index is 13.0. The van der Waals surface area contributed by atoms with Gasteiger partial charge >= 0.3 is 0 Å². The van der Waals surface area contributed by atoms with Crippen LogP contribution in [0.2, 0.25) is 0 Å². The van der Waals surface area contributed by atoms with E-state index in [9.17, 15) is 35.4 Å². The number of rotatable bonds is 5. The van der Waals surface area contributed by atoms with Gasteiger partial charge in [0, 0.05) is 23.8 Å². The standard InChI is InChI=1S/C22H22O11/c1-30-10-5-15-18(13(26)7-14(31-15)9-2-3-11(24)12(25)4-9)16(6-10)32-22-21(29)20(28)19(27)17(8-23)33-22/h2-7,17,19-25,27-29H,8H2,1H3/t17?,19-,20+,21?,22-/m1/s1. The summed E-state index contributed by atoms with van der Waals surface area (Å²) in [6.45, 7) is -0.644. The second-order valence-electron chi connectivity index (χ2n) is 7.49. The van der Waals surface area contributed by atoms with E-state index < -0.39 is 48.5 Å². The Kier molecular flexibility index (Phi) is 6.15. The number of methoxy groups -OCH3 is 1. The van der Waals surface area contributed by atoms with Crippen molar-refractivity contribution in [3.8, 4) is 34.3 Å². The molecule has 3 aromatic rings. The highest BCUT2D eigenvalue weighted by Crippen LogP contribution is 2.35. The molecule has 0 aliphatic carbocycles. The summed E-state index contributed by atoms with van der Waals surface area (Å²) in [6, 6.07) is 7.86. The summed E-state index contributed by atoms with van der Waals surface area (Å²) >= 11 is 0. The second-order valence-corrected chi connectivity index (χ2v) is 7.49. The molecule has 2 heterocycles. The lowest BCUT2D eigenvalue weighted by Crippen LogP contribution is -2.60. The van der Waals surface area contributed by atoms with Gasteiger partial charge in [-0.25, -0.2) is 0 Å². The molecule has 176 valence electrons. The minimum absolute atomic E-state index is 0.0282. The molecule has 0 radical (unpaired) electrons. The van der Waals surface area contributed by atoms with E-state index in [1.54, 1.807) is 0 Å². The Morgan fingerprint density at radius 2 is 1.73 bits per heavy atom. The summed E-state index contributed by atoms with van der Waals surface area (Å²) < 4.78 is 22.1. The lowest BCUT2D eigenvalue weighted by atomic mass is 9.99. The minimum Gasteiger partial charge on any atom is -0.504 e. The molecule has 11 nitrogen and oxygen atoms in total. The van der Waals surface area contributed by atoms with Crippen molar-refractivity contribution in [2.75, 3.05) is 13.7 Å². The lowest BCUT2D eigenvalue weighted by molar-refractivity contribution is -0.277. The summed E-state index contributed by atoms with van der Waals surface area (Å²) in [5, 5.41) is 58.8. The first-order valence-electron chi connectivity index (χ1n) is 9.89. The van der Waals surface area contributed by atoms with Crippen LogP contribution in [0.25, 0.3) is 22.3 Å². The van der Waals surface area contributed by atoms with Gasteiger partial charge in [-0.15, -0.1) is 0 Å². The first kappa shape index (κ1) is 22.8. The summed E-state index contributed by atoms with van der Waals surface area (Å²) in [5.41, 5.74) is -0.173. The molecule has 4 rings (SSSR count). The number of aliphatic hydroxyl groups is 4. The van der Waals surface area contributed by atoms with E-state index in [0.717, 1.165) is 6.07 Å². The van der Waals surface area contributed by atoms with Crippen LogP contribution in [0.4, 0.5) is 0 Å². The van der Waals surface area contributed by atoms with Crippen LogP contribution < -0.4 is 14.9 Å². The van der Waals surface area contributed by atoms with Gasteiger partial charge in [0.2, 0.25) is 6.29 Å². The van der Waals surface area contributed by atoms with Crippen LogP contribution in [0.1, 0.15) is 0 Å². The van der Waals surface area contributed by atoms with Gasteiger partial charge in [-0.2, -0.15) is 0 Å². The molecular formula is C22H22O11. The van der Waals surface area contributed by atoms with Gasteiger partial charge in [-0.05, 0) is 18.2 Å². The molecule has 1 saturated heterocycles. The Balaban J connectivity index is 1.79. The van der Waals surface area contributed by atoms with Gasteiger partial charge in [0.05, 0.1) is 13.7 Å². The van der Waals surface area contributed by atoms with Crippen molar-refractivity contribution in [1.82, 2.24) is 0 Å². The zero-order valence-corrected chi connectivity index (χ0v) is 17.3. The Hall–Kier alpha value is -3.35. The number of benzene rings is 2. The largest absolute Gasteiger partial charge is 0.504 e. The van der Waals surface area contributed by atoms with E-state index in [2.05, 4.69) is 0 Å². The quantitative estimate of drug-likeness (QED) is 0.282. The Labute approximate surface area is 186 Å². The topological polar surface area (TPSA) is 179 Å². The third-order valence-corrected chi connectivity index (χ3v) is 5.36. The van der Waals surface area contributed by atoms with Gasteiger partial charge in [-0.1, -0.05) is 0 Å². The van der Waals surface area contributed by atoms with Crippen molar-refractivity contribution in [3.63, 3.8) is 0 Å². The molecule has 0 amide bonds. The van der Waals surface area contributed by atoms with Crippen molar-refractivity contribution in [2.45, 2.75) is 30.7 Å². The van der Waals surface area contributed by atoms with E-state index >= 15 is 0 Å². The van der Waals surface area contributed by atoms with Gasteiger partial charge in [0.1, 0.15) is 52.6 Å². The fourth-order valence-corrected chi connectivity index (χ4v) is 3.55. The number of hydrogen-bond acceptors (Lipinski definition) is 11. The van der Waals surface area contributed by atoms with Gasteiger partial charge in [-0.3, -0.25) is 4.79 Å². The highest BCUT2D eigenvalue weighted by atomic mass is 16.7. The van der Waals surface area contributed by atoms with E-state index in [-0.39, 0.29) is 34.0 Å². The monoisotopic (exact) mass is 462 g/mol. The molecular weight excluding hydrogens is 440 g/mol. The van der Waals surface area contributed by atoms with E-state index in [1.807, 2.05) is 0 Å². The smallest absolute Gasteiger partial charge is 0.229 e. The number of phenols is 2. The number of aromatic hydroxyl groups is 2. The lowest BCUT2D eigenvalue weighted by Gasteiger charge is -2.39. The van der Waals surface area contributed by atoms with Crippen molar-refractivity contribution in [3.05, 3.63) is 46.6 Å². The first-order chi connectivity index (χ1) is 15.7. The van der Waals surface area contributed by atoms with Crippen LogP contribution in [-0.4, -0.2) is 75.1 Å². The maximum absolute atomic E-state index is 13.0. The van der Waals surface area contributed by atoms with Crippen molar-refractivity contribution in [1.29, 1.82) is 0 Å². The summed E-state index contributed by atoms with van der Waals surface area (Å²) in [5.74, 6) is -0.500. The second kappa shape index (κ2) is 8.89. The van der Waals surface area contributed by atoms with Crippen LogP contribution in [0, 0.1) is 0 Å². The number of ether oxygens (including phenoxy) is 3. The van der Waals surface area contributed by atoms with Crippen molar-refractivity contribution in [2.24, 2.45) is 0 Å². The summed E-state index contributed by atoms with van der Waals surface area (Å²) in [7, 11) is 1.37. The minimum atomic E-state index is -1.68. The molecule has 2 unspecified atom stereocenters. The highest BCUT2D eigenvalue weighted by Gasteiger charge is 2.45. The Bertz CT molecular complexity index is 1220. The molecule has 5 atom stereocenters. The van der Waals surface area contributed by atoms with Gasteiger partial charge in [0.15, 0.2) is 16.9 Å². The maximum Gasteiger partial charge on any atom is 0.229 e. The zero-order valence-electron chi connectivity index (χ0n) is 17.3. The zero-order chi connectivity index (χ0) is 23.9. The van der Waals surface area contributed by atoms with E-state index in [4.69, 9.17) is 18.6 Å². The predicted octanol–water partition coefficient (Wildman–Crippen LogP) is 0.0585. The fourth-order valence-electron chi connectivity index (χ4n) is 3.55. The molecule has 0 saturated carbocycles. The molecule has 33 heavy (non-hydrogen) atoms. The van der Waals surface area contributed by atoms with Crippen LogP contribution in [0.15, 0.2) is 45.6 Å². The third kappa shape index (κ3) is 4.19. The molecule has 1 aliphatic rings. The molecule has 0 bridgehead atoms. The molecule has 2 aromatic carbocycles. The number of aliphatic hydroxyl groups excluding tert-OH is 4. The van der Waals surface area contributed by atoms with Crippen molar-refractivity contribution < 1.29 is 49.3 Å². The average molecular weight is 462 g/mol. The van der Waals surface area contributed by atoms with Crippen LogP contribution >= 0.6 is 0 Å². The highest BCUT2D eigenvalue weighted by molar-refractivity contribution is 5.86. The fraction of sp³-hybridized carbons (Fsp3) is 0.318. The Morgan fingerprint density at radius 3 is 2.39 bits per heavy atom. The number of fused-ring (bicyclic) bond motifs is 1. The summed E-state index contributed by atoms with van der Waals surface area (Å²) in [6.07, 6.45) is -7.64. The molecule has 1 aromatic heterocycles. The average Bonchev–Trinajstić information content (AvgIpc) is 2.80. The van der Waals surface area contributed by atoms with Crippen LogP contribution in [-0.2, 0) is 4.74 Å². The number of phenolic OH excluding ortho intramolecular Hbond substituents is 2. The predicted molar refractivity (Wildman–Crippen MR) is 112 cm³/mol. The molecule has 6 N–H and O–H groups in total. The molecule has 0 spiro atoms. The van der Waals surface area contributed by atoms with E-state index in [1.165, 1.54) is 37.4 Å². The summed E-state index contributed by atoms with van der Waals surface area (Å²) in [4.78, 5) is 13.0.